The van der Waals surface area contributed by atoms with E-state index in [4.69, 9.17) is 24.2 Å². The third-order valence-corrected chi connectivity index (χ3v) is 8.13. The number of rotatable bonds is 2. The van der Waals surface area contributed by atoms with E-state index in [-0.39, 0.29) is 19.1 Å². The Hall–Kier alpha value is -3.63. The van der Waals surface area contributed by atoms with Gasteiger partial charge < -0.3 is 29.5 Å². The number of hydrogen-bond acceptors (Lipinski definition) is 8. The summed E-state index contributed by atoms with van der Waals surface area (Å²) < 4.78 is 17.3. The van der Waals surface area contributed by atoms with E-state index >= 15 is 0 Å². The highest BCUT2D eigenvalue weighted by atomic mass is 16.6. The van der Waals surface area contributed by atoms with Gasteiger partial charge in [0.25, 0.3) is 0 Å². The zero-order valence-corrected chi connectivity index (χ0v) is 23.5. The van der Waals surface area contributed by atoms with Crippen LogP contribution in [0.25, 0.3) is 11.0 Å². The third-order valence-electron chi connectivity index (χ3n) is 8.13. The van der Waals surface area contributed by atoms with Crippen molar-refractivity contribution in [3.8, 4) is 11.6 Å². The molecule has 2 N–H and O–H groups in total. The summed E-state index contributed by atoms with van der Waals surface area (Å²) in [6, 6.07) is 3.40. The summed E-state index contributed by atoms with van der Waals surface area (Å²) in [5.74, 6) is -0.131. The number of fused-ring (bicyclic) bond motifs is 8. The molecule has 4 aliphatic rings. The Balaban J connectivity index is 1.48. The molecule has 1 aromatic heterocycles. The van der Waals surface area contributed by atoms with Crippen LogP contribution in [0.2, 0.25) is 0 Å². The van der Waals surface area contributed by atoms with Crippen molar-refractivity contribution in [2.75, 3.05) is 13.7 Å². The first-order valence-electron chi connectivity index (χ1n) is 14.0. The fourth-order valence-corrected chi connectivity index (χ4v) is 5.81. The average Bonchev–Trinajstić information content (AvgIpc) is 3.30. The Morgan fingerprint density at radius 3 is 2.55 bits per heavy atom. The van der Waals surface area contributed by atoms with Gasteiger partial charge in [-0.15, -0.1) is 0 Å². The fraction of sp³-hybridized carbons (Fsp3) is 0.621. The van der Waals surface area contributed by atoms with Gasteiger partial charge in [-0.2, -0.15) is 0 Å². The van der Waals surface area contributed by atoms with Crippen molar-refractivity contribution >= 4 is 29.0 Å². The molecule has 3 aliphatic heterocycles. The van der Waals surface area contributed by atoms with E-state index in [0.717, 1.165) is 37.6 Å². The lowest BCUT2D eigenvalue weighted by molar-refractivity contribution is -0.150. The number of aryl methyl sites for hydroxylation is 1. The van der Waals surface area contributed by atoms with E-state index in [1.807, 2.05) is 32.9 Å². The van der Waals surface area contributed by atoms with E-state index in [1.54, 1.807) is 13.2 Å². The van der Waals surface area contributed by atoms with E-state index < -0.39 is 41.6 Å². The van der Waals surface area contributed by atoms with E-state index in [9.17, 15) is 19.5 Å². The van der Waals surface area contributed by atoms with Gasteiger partial charge in [0.1, 0.15) is 35.7 Å². The Morgan fingerprint density at radius 1 is 1.07 bits per heavy atom. The number of carboxylic acids is 1. The summed E-state index contributed by atoms with van der Waals surface area (Å²) in [5, 5.41) is 12.7. The fourth-order valence-electron chi connectivity index (χ4n) is 5.81. The minimum atomic E-state index is -1.13. The molecule has 216 valence electrons. The standard InChI is InChI=1S/C29H38N4O7/c1-29(2,3)24-26(34)33-15-19(14-23(33)27(35)36)39-25-21(30-20-10-9-17(38-4)13-22(20)31-25)8-6-5-7-16-11-18(12-16)40-28(37)32-24/h9-10,13,16,18-19,23-24H,5-8,11-12,14-15H2,1-4H3,(H,32,37)(H,35,36)/t16?,18?,19-,23?,24-/m1/s1. The molecule has 11 heteroatoms. The van der Waals surface area contributed by atoms with Crippen molar-refractivity contribution in [2.45, 2.75) is 90.0 Å². The number of carbonyl (C=O) groups excluding carboxylic acids is 2. The van der Waals surface area contributed by atoms with Crippen molar-refractivity contribution in [3.05, 3.63) is 23.9 Å². The molecule has 11 nitrogen and oxygen atoms in total. The van der Waals surface area contributed by atoms with Crippen molar-refractivity contribution in [1.82, 2.24) is 20.2 Å². The lowest BCUT2D eigenvalue weighted by atomic mass is 9.79. The van der Waals surface area contributed by atoms with E-state index in [2.05, 4.69) is 5.32 Å². The van der Waals surface area contributed by atoms with Crippen molar-refractivity contribution in [3.63, 3.8) is 0 Å². The smallest absolute Gasteiger partial charge is 0.408 e. The van der Waals surface area contributed by atoms with E-state index in [1.165, 1.54) is 4.90 Å². The van der Waals surface area contributed by atoms with Gasteiger partial charge in [0.15, 0.2) is 0 Å². The second-order valence-corrected chi connectivity index (χ2v) is 12.2. The van der Waals surface area contributed by atoms with Crippen LogP contribution in [-0.4, -0.2) is 75.9 Å². The van der Waals surface area contributed by atoms with Gasteiger partial charge in [0, 0.05) is 12.5 Å². The molecule has 1 aliphatic carbocycles. The van der Waals surface area contributed by atoms with Crippen LogP contribution in [0.1, 0.15) is 65.0 Å². The molecule has 6 rings (SSSR count). The lowest BCUT2D eigenvalue weighted by Gasteiger charge is -2.37. The van der Waals surface area contributed by atoms with Crippen LogP contribution in [0.4, 0.5) is 4.79 Å². The zero-order valence-electron chi connectivity index (χ0n) is 23.5. The summed E-state index contributed by atoms with van der Waals surface area (Å²) in [5.41, 5.74) is 1.36. The van der Waals surface area contributed by atoms with Gasteiger partial charge in [-0.3, -0.25) is 4.79 Å². The van der Waals surface area contributed by atoms with Crippen LogP contribution < -0.4 is 14.8 Å². The maximum Gasteiger partial charge on any atom is 0.408 e. The highest BCUT2D eigenvalue weighted by molar-refractivity contribution is 5.90. The summed E-state index contributed by atoms with van der Waals surface area (Å²) in [7, 11) is 1.58. The summed E-state index contributed by atoms with van der Waals surface area (Å²) in [6.07, 6.45) is 3.79. The van der Waals surface area contributed by atoms with Gasteiger partial charge in [0.2, 0.25) is 11.8 Å². The molecule has 2 aromatic rings. The number of methoxy groups -OCH3 is 1. The molecule has 4 heterocycles. The van der Waals surface area contributed by atoms with Crippen LogP contribution in [0.5, 0.6) is 11.6 Å². The van der Waals surface area contributed by atoms with Crippen LogP contribution >= 0.6 is 0 Å². The minimum Gasteiger partial charge on any atom is -0.497 e. The maximum atomic E-state index is 13.8. The molecular formula is C29H38N4O7. The first-order valence-corrected chi connectivity index (χ1v) is 14.0. The third kappa shape index (κ3) is 5.93. The Labute approximate surface area is 233 Å². The van der Waals surface area contributed by atoms with Crippen molar-refractivity contribution < 1.29 is 33.7 Å². The molecule has 3 atom stereocenters. The van der Waals surface area contributed by atoms with E-state index in [0.29, 0.717) is 35.2 Å². The normalized spacial score (nSPS) is 27.8. The number of hydrogen-bond donors (Lipinski definition) is 2. The average molecular weight is 555 g/mol. The number of nitrogens with one attached hydrogen (secondary N) is 1. The van der Waals surface area contributed by atoms with Gasteiger partial charge in [0.05, 0.1) is 24.7 Å². The highest BCUT2D eigenvalue weighted by Gasteiger charge is 2.46. The number of aliphatic carboxylic acids is 1. The molecule has 0 radical (unpaired) electrons. The van der Waals surface area contributed by atoms with Gasteiger partial charge >= 0.3 is 12.1 Å². The van der Waals surface area contributed by atoms with Crippen LogP contribution in [-0.2, 0) is 20.7 Å². The predicted molar refractivity (Wildman–Crippen MR) is 145 cm³/mol. The number of carboxylic acid groups (broad SMARTS) is 1. The van der Waals surface area contributed by atoms with Crippen LogP contribution in [0.3, 0.4) is 0 Å². The topological polar surface area (TPSA) is 140 Å². The summed E-state index contributed by atoms with van der Waals surface area (Å²) >= 11 is 0. The highest BCUT2D eigenvalue weighted by Crippen LogP contribution is 2.35. The number of benzene rings is 1. The first kappa shape index (κ1) is 27.9. The van der Waals surface area contributed by atoms with Gasteiger partial charge in [-0.25, -0.2) is 19.6 Å². The second kappa shape index (κ2) is 11.1. The van der Waals surface area contributed by atoms with Crippen LogP contribution in [0, 0.1) is 11.3 Å². The number of nitrogens with zero attached hydrogens (tertiary/aromatic N) is 3. The quantitative estimate of drug-likeness (QED) is 0.568. The number of ether oxygens (including phenoxy) is 3. The maximum absolute atomic E-state index is 13.8. The number of carbonyl (C=O) groups is 3. The molecule has 1 aromatic carbocycles. The second-order valence-electron chi connectivity index (χ2n) is 12.2. The Kier molecular flexibility index (Phi) is 7.74. The molecule has 1 unspecified atom stereocenters. The first-order chi connectivity index (χ1) is 19.0. The minimum absolute atomic E-state index is 0.0423. The molecular weight excluding hydrogens is 516 g/mol. The van der Waals surface area contributed by atoms with Gasteiger partial charge in [-0.05, 0) is 49.1 Å². The summed E-state index contributed by atoms with van der Waals surface area (Å²) in [4.78, 5) is 49.7. The van der Waals surface area contributed by atoms with Crippen molar-refractivity contribution in [2.24, 2.45) is 11.3 Å². The molecule has 2 amide bonds. The molecule has 1 saturated heterocycles. The monoisotopic (exact) mass is 554 g/mol. The van der Waals surface area contributed by atoms with Crippen LogP contribution in [0.15, 0.2) is 18.2 Å². The number of aromatic nitrogens is 2. The molecule has 2 fully saturated rings. The Bertz CT molecular complexity index is 1290. The van der Waals surface area contributed by atoms with Crippen molar-refractivity contribution in [1.29, 1.82) is 0 Å². The number of alkyl carbamates (subject to hydrolysis) is 1. The number of amides is 2. The zero-order chi connectivity index (χ0) is 28.6. The SMILES string of the molecule is COc1ccc2nc3c(nc2c1)O[C@@H]1CC(C(=O)O)N(C1)C(=O)[C@H](C(C)(C)C)NC(=O)OC1CC(CCCC3)C1. The lowest BCUT2D eigenvalue weighted by Crippen LogP contribution is -2.57. The molecule has 4 bridgehead atoms. The largest absolute Gasteiger partial charge is 0.497 e. The predicted octanol–water partition coefficient (Wildman–Crippen LogP) is 3.72. The van der Waals surface area contributed by atoms with Gasteiger partial charge in [-0.1, -0.05) is 33.6 Å². The Morgan fingerprint density at radius 2 is 1.85 bits per heavy atom. The molecule has 0 spiro atoms. The molecule has 1 saturated carbocycles. The summed E-state index contributed by atoms with van der Waals surface area (Å²) in [6.45, 7) is 5.52. The molecule has 40 heavy (non-hydrogen) atoms.